The molecule has 2 aromatic carbocycles. The third-order valence-electron chi connectivity index (χ3n) is 3.47. The van der Waals surface area contributed by atoms with Crippen LogP contribution in [0.5, 0.6) is 11.5 Å². The number of hydrogen-bond donors (Lipinski definition) is 0. The topological polar surface area (TPSA) is 48.1 Å². The summed E-state index contributed by atoms with van der Waals surface area (Å²) in [6.07, 6.45) is 1.70. The maximum absolute atomic E-state index is 5.28. The number of rotatable bonds is 4. The zero-order valence-corrected chi connectivity index (χ0v) is 14.0. The molecule has 0 fully saturated rings. The lowest BCUT2D eigenvalue weighted by Gasteiger charge is -2.06. The van der Waals surface area contributed by atoms with Gasteiger partial charge >= 0.3 is 0 Å². The summed E-state index contributed by atoms with van der Waals surface area (Å²) in [6.45, 7) is 0. The van der Waals surface area contributed by atoms with Crippen molar-refractivity contribution in [1.82, 2.24) is 4.57 Å². The molecule has 1 aromatic heterocycles. The molecular formula is C17H17N3O2S. The number of aromatic nitrogens is 1. The molecule has 3 aromatic rings. The van der Waals surface area contributed by atoms with Gasteiger partial charge in [0.25, 0.3) is 0 Å². The lowest BCUT2D eigenvalue weighted by atomic mass is 10.2. The fraction of sp³-hybridized carbons (Fsp3) is 0.176. The van der Waals surface area contributed by atoms with Crippen molar-refractivity contribution < 1.29 is 9.47 Å². The van der Waals surface area contributed by atoms with Crippen LogP contribution in [0.4, 0.5) is 0 Å². The van der Waals surface area contributed by atoms with E-state index in [0.29, 0.717) is 11.5 Å². The highest BCUT2D eigenvalue weighted by Gasteiger charge is 2.03. The lowest BCUT2D eigenvalue weighted by molar-refractivity contribution is 0.355. The molecule has 0 aliphatic carbocycles. The molecule has 5 nitrogen and oxygen atoms in total. The molecule has 0 aliphatic rings. The van der Waals surface area contributed by atoms with Crippen LogP contribution in [0.1, 0.15) is 5.56 Å². The second kappa shape index (κ2) is 6.66. The van der Waals surface area contributed by atoms with Gasteiger partial charge in [0.2, 0.25) is 4.80 Å². The SMILES string of the molecule is COc1ccc(/C=N\N=c2\sc3ccccc3n2C)cc1OC. The monoisotopic (exact) mass is 327 g/mol. The third kappa shape index (κ3) is 3.12. The molecule has 0 saturated carbocycles. The second-order valence-corrected chi connectivity index (χ2v) is 5.88. The summed E-state index contributed by atoms with van der Waals surface area (Å²) in [5.74, 6) is 1.36. The van der Waals surface area contributed by atoms with Crippen molar-refractivity contribution in [3.8, 4) is 11.5 Å². The molecule has 0 aliphatic heterocycles. The molecule has 0 N–H and O–H groups in total. The van der Waals surface area contributed by atoms with Gasteiger partial charge in [-0.3, -0.25) is 0 Å². The largest absolute Gasteiger partial charge is 0.493 e. The van der Waals surface area contributed by atoms with Crippen molar-refractivity contribution in [2.75, 3.05) is 14.2 Å². The standard InChI is InChI=1S/C17H17N3O2S/c1-20-13-6-4-5-7-16(13)23-17(20)19-18-11-12-8-9-14(21-2)15(10-12)22-3/h4-11H,1-3H3/b18-11-,19-17+. The molecule has 0 radical (unpaired) electrons. The van der Waals surface area contributed by atoms with Crippen LogP contribution in [0.3, 0.4) is 0 Å². The van der Waals surface area contributed by atoms with Crippen LogP contribution in [0.25, 0.3) is 10.2 Å². The third-order valence-corrected chi connectivity index (χ3v) is 4.58. The number of methoxy groups -OCH3 is 2. The van der Waals surface area contributed by atoms with Gasteiger partial charge in [0, 0.05) is 7.05 Å². The minimum absolute atomic E-state index is 0.670. The lowest BCUT2D eigenvalue weighted by Crippen LogP contribution is -2.08. The van der Waals surface area contributed by atoms with E-state index in [4.69, 9.17) is 9.47 Å². The van der Waals surface area contributed by atoms with E-state index < -0.39 is 0 Å². The van der Waals surface area contributed by atoms with E-state index in [0.717, 1.165) is 15.9 Å². The van der Waals surface area contributed by atoms with Gasteiger partial charge in [-0.15, -0.1) is 5.10 Å². The smallest absolute Gasteiger partial charge is 0.211 e. The molecule has 1 heterocycles. The van der Waals surface area contributed by atoms with Crippen molar-refractivity contribution in [3.05, 3.63) is 52.8 Å². The summed E-state index contributed by atoms with van der Waals surface area (Å²) in [5.41, 5.74) is 2.05. The zero-order chi connectivity index (χ0) is 16.2. The molecule has 118 valence electrons. The molecule has 0 spiro atoms. The van der Waals surface area contributed by atoms with Crippen LogP contribution in [0, 0.1) is 0 Å². The fourth-order valence-electron chi connectivity index (χ4n) is 2.26. The summed E-state index contributed by atoms with van der Waals surface area (Å²) >= 11 is 1.61. The van der Waals surface area contributed by atoms with Crippen LogP contribution in [0.2, 0.25) is 0 Å². The Morgan fingerprint density at radius 3 is 2.57 bits per heavy atom. The summed E-state index contributed by atoms with van der Waals surface area (Å²) in [5, 5.41) is 8.51. The van der Waals surface area contributed by atoms with Gasteiger partial charge in [-0.1, -0.05) is 23.5 Å². The molecule has 0 unspecified atom stereocenters. The van der Waals surface area contributed by atoms with Crippen molar-refractivity contribution in [1.29, 1.82) is 0 Å². The van der Waals surface area contributed by atoms with Crippen LogP contribution in [-0.4, -0.2) is 25.0 Å². The van der Waals surface area contributed by atoms with Gasteiger partial charge in [-0.05, 0) is 35.9 Å². The van der Waals surface area contributed by atoms with E-state index in [9.17, 15) is 0 Å². The Balaban J connectivity index is 1.92. The van der Waals surface area contributed by atoms with Crippen molar-refractivity contribution in [2.45, 2.75) is 0 Å². The number of hydrogen-bond acceptors (Lipinski definition) is 5. The van der Waals surface area contributed by atoms with E-state index in [1.54, 1.807) is 31.8 Å². The highest BCUT2D eigenvalue weighted by molar-refractivity contribution is 7.16. The van der Waals surface area contributed by atoms with Crippen LogP contribution in [-0.2, 0) is 7.05 Å². The highest BCUT2D eigenvalue weighted by atomic mass is 32.1. The number of para-hydroxylation sites is 1. The number of nitrogens with zero attached hydrogens (tertiary/aromatic N) is 3. The minimum atomic E-state index is 0.670. The number of fused-ring (bicyclic) bond motifs is 1. The van der Waals surface area contributed by atoms with Crippen LogP contribution in [0.15, 0.2) is 52.7 Å². The quantitative estimate of drug-likeness (QED) is 0.546. The predicted molar refractivity (Wildman–Crippen MR) is 93.5 cm³/mol. The molecule has 0 saturated heterocycles. The van der Waals surface area contributed by atoms with Gasteiger partial charge in [0.1, 0.15) is 0 Å². The summed E-state index contributed by atoms with van der Waals surface area (Å²) in [7, 11) is 5.21. The maximum Gasteiger partial charge on any atom is 0.211 e. The van der Waals surface area contributed by atoms with E-state index in [2.05, 4.69) is 22.3 Å². The predicted octanol–water partition coefficient (Wildman–Crippen LogP) is 3.19. The average molecular weight is 327 g/mol. The number of aryl methyl sites for hydroxylation is 1. The molecule has 3 rings (SSSR count). The normalized spacial score (nSPS) is 12.2. The van der Waals surface area contributed by atoms with Crippen LogP contribution >= 0.6 is 11.3 Å². The maximum atomic E-state index is 5.28. The Morgan fingerprint density at radius 2 is 1.83 bits per heavy atom. The summed E-state index contributed by atoms with van der Waals surface area (Å²) < 4.78 is 13.7. The minimum Gasteiger partial charge on any atom is -0.493 e. The summed E-state index contributed by atoms with van der Waals surface area (Å²) in [4.78, 5) is 0.850. The average Bonchev–Trinajstić information content (AvgIpc) is 2.91. The van der Waals surface area contributed by atoms with Gasteiger partial charge in [0.05, 0.1) is 30.7 Å². The first kappa shape index (κ1) is 15.3. The van der Waals surface area contributed by atoms with Gasteiger partial charge < -0.3 is 14.0 Å². The van der Waals surface area contributed by atoms with Crippen molar-refractivity contribution in [2.24, 2.45) is 17.3 Å². The van der Waals surface area contributed by atoms with E-state index >= 15 is 0 Å². The fourth-order valence-corrected chi connectivity index (χ4v) is 3.23. The number of ether oxygens (including phenoxy) is 2. The van der Waals surface area contributed by atoms with Gasteiger partial charge in [0.15, 0.2) is 11.5 Å². The van der Waals surface area contributed by atoms with E-state index in [-0.39, 0.29) is 0 Å². The van der Waals surface area contributed by atoms with Gasteiger partial charge in [-0.2, -0.15) is 5.10 Å². The highest BCUT2D eigenvalue weighted by Crippen LogP contribution is 2.26. The zero-order valence-electron chi connectivity index (χ0n) is 13.2. The Morgan fingerprint density at radius 1 is 1.04 bits per heavy atom. The van der Waals surface area contributed by atoms with Crippen molar-refractivity contribution in [3.63, 3.8) is 0 Å². The first-order valence-electron chi connectivity index (χ1n) is 7.06. The number of benzene rings is 2. The van der Waals surface area contributed by atoms with Crippen molar-refractivity contribution >= 4 is 27.8 Å². The first-order chi connectivity index (χ1) is 11.2. The molecule has 6 heteroatoms. The van der Waals surface area contributed by atoms with Crippen LogP contribution < -0.4 is 14.3 Å². The van der Waals surface area contributed by atoms with Gasteiger partial charge in [-0.25, -0.2) is 0 Å². The summed E-state index contributed by atoms with van der Waals surface area (Å²) in [6, 6.07) is 13.8. The molecule has 23 heavy (non-hydrogen) atoms. The molecule has 0 bridgehead atoms. The first-order valence-corrected chi connectivity index (χ1v) is 7.88. The molecular weight excluding hydrogens is 310 g/mol. The molecule has 0 atom stereocenters. The Labute approximate surface area is 138 Å². The van der Waals surface area contributed by atoms with E-state index in [1.165, 1.54) is 4.70 Å². The Bertz CT molecular complexity index is 925. The molecule has 0 amide bonds. The Kier molecular flexibility index (Phi) is 4.43. The second-order valence-electron chi connectivity index (χ2n) is 4.87. The van der Waals surface area contributed by atoms with E-state index in [1.807, 2.05) is 41.9 Å². The Hall–Kier alpha value is -2.60. The number of thiazole rings is 1.